The number of carbonyl (C=O) groups excluding carboxylic acids is 1. The Bertz CT molecular complexity index is 310. The normalized spacial score (nSPS) is 16.5. The fourth-order valence-electron chi connectivity index (χ4n) is 1.63. The third kappa shape index (κ3) is 3.89. The molecule has 0 aliphatic heterocycles. The highest BCUT2D eigenvalue weighted by atomic mass is 16.4. The first-order valence-electron chi connectivity index (χ1n) is 5.54. The highest BCUT2D eigenvalue weighted by Crippen LogP contribution is 2.24. The van der Waals surface area contributed by atoms with E-state index in [2.05, 4.69) is 5.16 Å². The Hall–Kier alpha value is -1.30. The topological polar surface area (TPSA) is 99.2 Å². The summed E-state index contributed by atoms with van der Waals surface area (Å²) >= 11 is 0. The number of carbonyl (C=O) groups is 1. The molecule has 1 amide bonds. The molecule has 4 N–H and O–H groups in total. The van der Waals surface area contributed by atoms with Crippen molar-refractivity contribution in [3.63, 3.8) is 0 Å². The molecule has 0 aliphatic rings. The minimum absolute atomic E-state index is 0.118. The van der Waals surface area contributed by atoms with E-state index in [4.69, 9.17) is 10.9 Å². The molecule has 100 valence electrons. The molecule has 1 atom stereocenters. The van der Waals surface area contributed by atoms with Gasteiger partial charge in [-0.25, -0.2) is 0 Å². The second-order valence-corrected chi connectivity index (χ2v) is 5.14. The second kappa shape index (κ2) is 5.35. The van der Waals surface area contributed by atoms with Gasteiger partial charge in [-0.15, -0.1) is 0 Å². The van der Waals surface area contributed by atoms with E-state index in [1.807, 2.05) is 0 Å². The van der Waals surface area contributed by atoms with E-state index in [9.17, 15) is 9.90 Å². The Kier molecular flexibility index (Phi) is 4.94. The van der Waals surface area contributed by atoms with Crippen LogP contribution in [0.5, 0.6) is 0 Å². The summed E-state index contributed by atoms with van der Waals surface area (Å²) in [6.45, 7) is 6.81. The van der Waals surface area contributed by atoms with E-state index in [-0.39, 0.29) is 18.3 Å². The Morgan fingerprint density at radius 1 is 1.41 bits per heavy atom. The smallest absolute Gasteiger partial charge is 0.236 e. The lowest BCUT2D eigenvalue weighted by Crippen LogP contribution is -2.51. The first kappa shape index (κ1) is 15.7. The highest BCUT2D eigenvalue weighted by molar-refractivity contribution is 6.06. The van der Waals surface area contributed by atoms with Gasteiger partial charge in [0.05, 0.1) is 5.60 Å². The maximum absolute atomic E-state index is 12.2. The monoisotopic (exact) mass is 245 g/mol. The van der Waals surface area contributed by atoms with Gasteiger partial charge in [0.25, 0.3) is 0 Å². The molecule has 0 aromatic heterocycles. The summed E-state index contributed by atoms with van der Waals surface area (Å²) in [6, 6.07) is 0. The van der Waals surface area contributed by atoms with Crippen LogP contribution in [0.1, 0.15) is 34.1 Å². The number of oxime groups is 1. The predicted molar refractivity (Wildman–Crippen MR) is 65.7 cm³/mol. The summed E-state index contributed by atoms with van der Waals surface area (Å²) < 4.78 is 0. The van der Waals surface area contributed by atoms with Gasteiger partial charge in [0.15, 0.2) is 5.84 Å². The fourth-order valence-corrected chi connectivity index (χ4v) is 1.63. The third-order valence-corrected chi connectivity index (χ3v) is 2.82. The lowest BCUT2D eigenvalue weighted by Gasteiger charge is -2.33. The van der Waals surface area contributed by atoms with Gasteiger partial charge in [-0.2, -0.15) is 0 Å². The fraction of sp³-hybridized carbons (Fsp3) is 0.818. The van der Waals surface area contributed by atoms with E-state index in [1.54, 1.807) is 34.7 Å². The maximum atomic E-state index is 12.2. The van der Waals surface area contributed by atoms with Crippen molar-refractivity contribution in [3.05, 3.63) is 0 Å². The summed E-state index contributed by atoms with van der Waals surface area (Å²) in [5.41, 5.74) is 3.53. The molecule has 0 aromatic rings. The lowest BCUT2D eigenvalue weighted by molar-refractivity contribution is -0.139. The van der Waals surface area contributed by atoms with Crippen LogP contribution in [-0.2, 0) is 4.79 Å². The van der Waals surface area contributed by atoms with Crippen LogP contribution >= 0.6 is 0 Å². The summed E-state index contributed by atoms with van der Waals surface area (Å²) in [5, 5.41) is 21.3. The highest BCUT2D eigenvalue weighted by Gasteiger charge is 2.39. The summed E-state index contributed by atoms with van der Waals surface area (Å²) in [6.07, 6.45) is 0.415. The van der Waals surface area contributed by atoms with Gasteiger partial charge in [0.1, 0.15) is 5.41 Å². The van der Waals surface area contributed by atoms with E-state index >= 15 is 0 Å². The standard InChI is InChI=1S/C11H23N3O3/c1-6-11(4,8(12)13-17)9(15)14(5)7-10(2,3)16/h16-17H,6-7H2,1-5H3,(H2,12,13). The van der Waals surface area contributed by atoms with E-state index in [0.29, 0.717) is 6.42 Å². The number of nitrogens with zero attached hydrogens (tertiary/aromatic N) is 2. The number of amides is 1. The average Bonchev–Trinajstić information content (AvgIpc) is 2.23. The van der Waals surface area contributed by atoms with Gasteiger partial charge in [0.2, 0.25) is 5.91 Å². The molecule has 17 heavy (non-hydrogen) atoms. The van der Waals surface area contributed by atoms with Crippen molar-refractivity contribution in [2.45, 2.75) is 39.7 Å². The molecular weight excluding hydrogens is 222 g/mol. The van der Waals surface area contributed by atoms with Gasteiger partial charge in [0, 0.05) is 13.6 Å². The zero-order valence-corrected chi connectivity index (χ0v) is 11.2. The van der Waals surface area contributed by atoms with E-state index in [1.165, 1.54) is 4.90 Å². The largest absolute Gasteiger partial charge is 0.409 e. The van der Waals surface area contributed by atoms with Crippen molar-refractivity contribution >= 4 is 11.7 Å². The molecule has 0 bridgehead atoms. The average molecular weight is 245 g/mol. The van der Waals surface area contributed by atoms with E-state index < -0.39 is 11.0 Å². The van der Waals surface area contributed by atoms with Crippen LogP contribution in [-0.4, -0.2) is 46.1 Å². The van der Waals surface area contributed by atoms with Crippen molar-refractivity contribution in [3.8, 4) is 0 Å². The molecule has 0 fully saturated rings. The number of nitrogens with two attached hydrogens (primary N) is 1. The number of amidine groups is 1. The molecule has 0 saturated heterocycles. The van der Waals surface area contributed by atoms with Gasteiger partial charge in [-0.05, 0) is 27.2 Å². The number of aliphatic hydroxyl groups is 1. The second-order valence-electron chi connectivity index (χ2n) is 5.14. The quantitative estimate of drug-likeness (QED) is 0.282. The molecule has 0 aliphatic carbocycles. The molecule has 0 spiro atoms. The number of likely N-dealkylation sites (N-methyl/N-ethyl adjacent to an activating group) is 1. The molecule has 6 nitrogen and oxygen atoms in total. The van der Waals surface area contributed by atoms with Crippen molar-refractivity contribution < 1.29 is 15.1 Å². The van der Waals surface area contributed by atoms with Crippen molar-refractivity contribution in [2.75, 3.05) is 13.6 Å². The third-order valence-electron chi connectivity index (χ3n) is 2.82. The van der Waals surface area contributed by atoms with Crippen molar-refractivity contribution in [1.29, 1.82) is 0 Å². The van der Waals surface area contributed by atoms with Crippen molar-refractivity contribution in [2.24, 2.45) is 16.3 Å². The van der Waals surface area contributed by atoms with Crippen LogP contribution < -0.4 is 5.73 Å². The molecule has 0 rings (SSSR count). The number of hydrogen-bond donors (Lipinski definition) is 3. The molecule has 6 heteroatoms. The summed E-state index contributed by atoms with van der Waals surface area (Å²) in [5.74, 6) is -0.398. The van der Waals surface area contributed by atoms with Gasteiger partial charge in [-0.1, -0.05) is 12.1 Å². The molecule has 0 radical (unpaired) electrons. The molecule has 1 unspecified atom stereocenters. The molecule has 0 saturated carbocycles. The van der Waals surface area contributed by atoms with Crippen LogP contribution in [0.25, 0.3) is 0 Å². The van der Waals surface area contributed by atoms with Crippen LogP contribution in [0.3, 0.4) is 0 Å². The van der Waals surface area contributed by atoms with Crippen LogP contribution in [0.2, 0.25) is 0 Å². The van der Waals surface area contributed by atoms with Crippen LogP contribution in [0, 0.1) is 5.41 Å². The minimum atomic E-state index is -1.05. The van der Waals surface area contributed by atoms with Crippen LogP contribution in [0.15, 0.2) is 5.16 Å². The zero-order valence-electron chi connectivity index (χ0n) is 11.2. The SMILES string of the molecule is CCC(C)(C(=O)N(C)CC(C)(C)O)C(N)=NO. The summed E-state index contributed by atoms with van der Waals surface area (Å²) in [7, 11) is 1.58. The maximum Gasteiger partial charge on any atom is 0.236 e. The zero-order chi connectivity index (χ0) is 13.9. The Morgan fingerprint density at radius 3 is 2.18 bits per heavy atom. The molecule has 0 heterocycles. The molecule has 0 aromatic carbocycles. The Morgan fingerprint density at radius 2 is 1.88 bits per heavy atom. The molecular formula is C11H23N3O3. The Labute approximate surface area is 102 Å². The predicted octanol–water partition coefficient (Wildman–Crippen LogP) is 0.378. The number of hydrogen-bond acceptors (Lipinski definition) is 4. The van der Waals surface area contributed by atoms with Gasteiger partial charge < -0.3 is 20.9 Å². The van der Waals surface area contributed by atoms with Gasteiger partial charge in [-0.3, -0.25) is 4.79 Å². The number of rotatable bonds is 5. The summed E-state index contributed by atoms with van der Waals surface area (Å²) in [4.78, 5) is 13.6. The first-order valence-corrected chi connectivity index (χ1v) is 5.54. The van der Waals surface area contributed by atoms with Crippen molar-refractivity contribution in [1.82, 2.24) is 4.90 Å². The van der Waals surface area contributed by atoms with Gasteiger partial charge >= 0.3 is 0 Å². The minimum Gasteiger partial charge on any atom is -0.409 e. The first-order chi connectivity index (χ1) is 7.58. The van der Waals surface area contributed by atoms with E-state index in [0.717, 1.165) is 0 Å². The lowest BCUT2D eigenvalue weighted by atomic mass is 9.84. The van der Waals surface area contributed by atoms with Crippen LogP contribution in [0.4, 0.5) is 0 Å². The Balaban J connectivity index is 5.01.